The number of thiophene rings is 1. The lowest BCUT2D eigenvalue weighted by Crippen LogP contribution is -2.18. The van der Waals surface area contributed by atoms with Crippen LogP contribution in [0.15, 0.2) is 18.2 Å². The van der Waals surface area contributed by atoms with Gasteiger partial charge in [0.25, 0.3) is 18.2 Å². The van der Waals surface area contributed by atoms with E-state index in [1.54, 1.807) is 0 Å². The first kappa shape index (κ1) is 23.4. The lowest BCUT2D eigenvalue weighted by Gasteiger charge is -2.10. The molecule has 182 valence electrons. The van der Waals surface area contributed by atoms with E-state index in [-0.39, 0.29) is 38.3 Å². The largest absolute Gasteiger partial charge is 0.365 e. The van der Waals surface area contributed by atoms with Crippen LogP contribution in [0.5, 0.6) is 0 Å². The second kappa shape index (κ2) is 8.12. The molecule has 1 fully saturated rings. The van der Waals surface area contributed by atoms with Crippen LogP contribution in [-0.2, 0) is 5.38 Å². The highest BCUT2D eigenvalue weighted by atomic mass is 35.5. The number of nitrogens with zero attached hydrogens (tertiary/aromatic N) is 4. The van der Waals surface area contributed by atoms with Gasteiger partial charge in [-0.2, -0.15) is 13.9 Å². The van der Waals surface area contributed by atoms with Crippen LogP contribution in [0.3, 0.4) is 0 Å². The zero-order chi connectivity index (χ0) is 25.2. The van der Waals surface area contributed by atoms with Crippen molar-refractivity contribution < 1.29 is 27.2 Å². The first-order valence-electron chi connectivity index (χ1n) is 10.2. The summed E-state index contributed by atoms with van der Waals surface area (Å²) in [5.74, 6) is -1.77. The van der Waals surface area contributed by atoms with Crippen molar-refractivity contribution in [2.24, 2.45) is 5.73 Å². The highest BCUT2D eigenvalue weighted by molar-refractivity contribution is 7.21. The molecule has 2 amide bonds. The van der Waals surface area contributed by atoms with Crippen LogP contribution in [0.4, 0.5) is 23.2 Å². The summed E-state index contributed by atoms with van der Waals surface area (Å²) in [4.78, 5) is 33.3. The molecule has 8 nitrogen and oxygen atoms in total. The Morgan fingerprint density at radius 1 is 1.26 bits per heavy atom. The molecule has 14 heteroatoms. The predicted octanol–water partition coefficient (Wildman–Crippen LogP) is 5.10. The number of carbonyl (C=O) groups excluding carboxylic acids is 2. The Morgan fingerprint density at radius 3 is 2.57 bits per heavy atom. The Balaban J connectivity index is 1.63. The van der Waals surface area contributed by atoms with E-state index >= 15 is 0 Å². The van der Waals surface area contributed by atoms with Crippen LogP contribution in [0.1, 0.15) is 68.0 Å². The summed E-state index contributed by atoms with van der Waals surface area (Å²) in [5, 5.41) is 3.03. The van der Waals surface area contributed by atoms with Gasteiger partial charge in [0, 0.05) is 17.1 Å². The Bertz CT molecular complexity index is 1530. The number of carbonyl (C=O) groups is 2. The SMILES string of the molecule is Cc1cc(C(F)(F)Cl)n2nc(C(=O)Nc3c(C(N)=O)sc4nc(C(F)F)cc(C5CC5)c34)cc2n1. The van der Waals surface area contributed by atoms with E-state index in [9.17, 15) is 27.2 Å². The van der Waals surface area contributed by atoms with Crippen molar-refractivity contribution in [2.45, 2.75) is 37.5 Å². The fourth-order valence-corrected chi connectivity index (χ4v) is 5.01. The molecule has 1 aliphatic rings. The van der Waals surface area contributed by atoms with Gasteiger partial charge in [-0.05, 0) is 55.0 Å². The second-order valence-electron chi connectivity index (χ2n) is 8.10. The Labute approximate surface area is 203 Å². The van der Waals surface area contributed by atoms with Gasteiger partial charge in [0.2, 0.25) is 0 Å². The third-order valence-electron chi connectivity index (χ3n) is 5.49. The maximum atomic E-state index is 13.9. The van der Waals surface area contributed by atoms with Gasteiger partial charge in [-0.25, -0.2) is 23.3 Å². The summed E-state index contributed by atoms with van der Waals surface area (Å²) in [5.41, 5.74) is 4.82. The summed E-state index contributed by atoms with van der Waals surface area (Å²) in [7, 11) is 0. The minimum atomic E-state index is -3.78. The molecule has 4 aromatic heterocycles. The van der Waals surface area contributed by atoms with E-state index in [1.165, 1.54) is 19.1 Å². The number of aryl methyl sites for hydroxylation is 1. The number of anilines is 1. The van der Waals surface area contributed by atoms with E-state index < -0.39 is 35.0 Å². The molecular weight excluding hydrogens is 512 g/mol. The molecule has 1 saturated carbocycles. The van der Waals surface area contributed by atoms with Gasteiger partial charge in [-0.1, -0.05) is 0 Å². The fourth-order valence-electron chi connectivity index (χ4n) is 3.86. The number of primary amides is 1. The van der Waals surface area contributed by atoms with Crippen molar-refractivity contribution >= 4 is 56.3 Å². The van der Waals surface area contributed by atoms with E-state index in [0.717, 1.165) is 34.8 Å². The third kappa shape index (κ3) is 4.18. The topological polar surface area (TPSA) is 115 Å². The van der Waals surface area contributed by atoms with E-state index in [2.05, 4.69) is 20.4 Å². The molecule has 1 aliphatic carbocycles. The first-order valence-corrected chi connectivity index (χ1v) is 11.4. The zero-order valence-corrected chi connectivity index (χ0v) is 19.4. The molecule has 0 unspecified atom stereocenters. The predicted molar refractivity (Wildman–Crippen MR) is 120 cm³/mol. The van der Waals surface area contributed by atoms with E-state index in [0.29, 0.717) is 10.9 Å². The number of halogens is 5. The Kier molecular flexibility index (Phi) is 5.44. The molecule has 0 radical (unpaired) electrons. The molecule has 0 bridgehead atoms. The Morgan fingerprint density at radius 2 is 1.97 bits per heavy atom. The van der Waals surface area contributed by atoms with Gasteiger partial charge in [-0.15, -0.1) is 11.3 Å². The normalized spacial score (nSPS) is 14.3. The average Bonchev–Trinajstić information content (AvgIpc) is 3.42. The minimum Gasteiger partial charge on any atom is -0.365 e. The van der Waals surface area contributed by atoms with Gasteiger partial charge in [0.1, 0.15) is 21.1 Å². The first-order chi connectivity index (χ1) is 16.4. The highest BCUT2D eigenvalue weighted by Gasteiger charge is 2.34. The van der Waals surface area contributed by atoms with Crippen LogP contribution in [0.25, 0.3) is 15.9 Å². The minimum absolute atomic E-state index is 0.0156. The van der Waals surface area contributed by atoms with Gasteiger partial charge in [0.15, 0.2) is 11.3 Å². The van der Waals surface area contributed by atoms with Gasteiger partial charge in [0.05, 0.1) is 5.69 Å². The van der Waals surface area contributed by atoms with Crippen LogP contribution < -0.4 is 11.1 Å². The second-order valence-corrected chi connectivity index (χ2v) is 9.57. The zero-order valence-electron chi connectivity index (χ0n) is 17.8. The molecule has 5 rings (SSSR count). The number of alkyl halides is 5. The molecule has 4 heterocycles. The van der Waals surface area contributed by atoms with Gasteiger partial charge in [-0.3, -0.25) is 9.59 Å². The number of nitrogens with one attached hydrogen (secondary N) is 1. The smallest absolute Gasteiger partial charge is 0.364 e. The molecule has 3 N–H and O–H groups in total. The summed E-state index contributed by atoms with van der Waals surface area (Å²) >= 11 is 5.97. The van der Waals surface area contributed by atoms with Crippen molar-refractivity contribution in [3.05, 3.63) is 51.4 Å². The molecule has 0 spiro atoms. The molecular formula is C21H15ClF4N6O2S. The van der Waals surface area contributed by atoms with Crippen molar-refractivity contribution in [1.82, 2.24) is 19.6 Å². The summed E-state index contributed by atoms with van der Waals surface area (Å²) < 4.78 is 55.3. The van der Waals surface area contributed by atoms with Crippen molar-refractivity contribution in [3.63, 3.8) is 0 Å². The number of rotatable bonds is 6. The number of aromatic nitrogens is 4. The maximum Gasteiger partial charge on any atom is 0.364 e. The van der Waals surface area contributed by atoms with Crippen LogP contribution in [0.2, 0.25) is 0 Å². The van der Waals surface area contributed by atoms with Gasteiger partial charge < -0.3 is 11.1 Å². The fraction of sp³-hybridized carbons (Fsp3) is 0.286. The molecule has 0 aromatic carbocycles. The highest BCUT2D eigenvalue weighted by Crippen LogP contribution is 2.48. The molecule has 4 aromatic rings. The number of hydrogen-bond donors (Lipinski definition) is 2. The Hall–Kier alpha value is -3.32. The van der Waals surface area contributed by atoms with Gasteiger partial charge >= 0.3 is 5.38 Å². The summed E-state index contributed by atoms with van der Waals surface area (Å²) in [6.45, 7) is 1.48. The molecule has 35 heavy (non-hydrogen) atoms. The van der Waals surface area contributed by atoms with Crippen molar-refractivity contribution in [2.75, 3.05) is 5.32 Å². The maximum absolute atomic E-state index is 13.9. The lowest BCUT2D eigenvalue weighted by atomic mass is 10.0. The standard InChI is InChI=1S/C21H15ClF4N6O2S/c1-7-4-12(21(22,25)26)32-13(28-7)6-11(31-32)19(34)30-15-14-9(8-2-3-8)5-10(17(23)24)29-20(14)35-16(15)18(27)33/h4-6,8,17H,2-3H2,1H3,(H2,27,33)(H,30,34). The number of nitrogens with two attached hydrogens (primary N) is 1. The molecule has 0 aliphatic heterocycles. The van der Waals surface area contributed by atoms with Crippen LogP contribution in [0, 0.1) is 6.92 Å². The average molecular weight is 527 g/mol. The van der Waals surface area contributed by atoms with Crippen molar-refractivity contribution in [3.8, 4) is 0 Å². The van der Waals surface area contributed by atoms with Crippen LogP contribution >= 0.6 is 22.9 Å². The van der Waals surface area contributed by atoms with E-state index in [1.807, 2.05) is 0 Å². The monoisotopic (exact) mass is 526 g/mol. The van der Waals surface area contributed by atoms with E-state index in [4.69, 9.17) is 17.3 Å². The third-order valence-corrected chi connectivity index (χ3v) is 6.79. The number of pyridine rings is 1. The van der Waals surface area contributed by atoms with Crippen molar-refractivity contribution in [1.29, 1.82) is 0 Å². The number of hydrogen-bond acceptors (Lipinski definition) is 6. The number of fused-ring (bicyclic) bond motifs is 2. The number of amides is 2. The summed E-state index contributed by atoms with van der Waals surface area (Å²) in [6.07, 6.45) is -1.31. The molecule has 0 saturated heterocycles. The lowest BCUT2D eigenvalue weighted by molar-refractivity contribution is 0.0867. The molecule has 0 atom stereocenters. The summed E-state index contributed by atoms with van der Waals surface area (Å²) in [6, 6.07) is 3.49. The van der Waals surface area contributed by atoms with Crippen LogP contribution in [-0.4, -0.2) is 31.4 Å². The quantitative estimate of drug-likeness (QED) is 0.268.